The van der Waals surface area contributed by atoms with Crippen LogP contribution in [0.2, 0.25) is 18.1 Å². The lowest BCUT2D eigenvalue weighted by Crippen LogP contribution is -2.51. The summed E-state index contributed by atoms with van der Waals surface area (Å²) in [7, 11) is -1.04. The number of hydrogen-bond donors (Lipinski definition) is 0. The van der Waals surface area contributed by atoms with E-state index in [1.807, 2.05) is 55.6 Å². The standard InChI is InChI=1S/C32H37F3N2O4Si/c1-31(2,3)42(5,6)41-22-28(30(39)40-4)37(21-24-10-15-25(16-11-24)27-9-7-8-20-36-27)29(38)19-14-23-12-17-26(18-13-23)32(33,34)35/h7-20,28H,21-22H2,1-6H3/b19-14+/t28-/m0/s1. The van der Waals surface area contributed by atoms with Crippen molar-refractivity contribution in [2.45, 2.75) is 57.7 Å². The molecule has 224 valence electrons. The number of methoxy groups -OCH3 is 1. The summed E-state index contributed by atoms with van der Waals surface area (Å²) in [6.07, 6.45) is -0.0926. The maximum absolute atomic E-state index is 13.6. The van der Waals surface area contributed by atoms with Gasteiger partial charge in [-0.15, -0.1) is 0 Å². The molecule has 1 heterocycles. The fourth-order valence-electron chi connectivity index (χ4n) is 3.82. The summed E-state index contributed by atoms with van der Waals surface area (Å²) < 4.78 is 50.3. The maximum atomic E-state index is 13.6. The highest BCUT2D eigenvalue weighted by Gasteiger charge is 2.40. The van der Waals surface area contributed by atoms with E-state index in [2.05, 4.69) is 25.8 Å². The van der Waals surface area contributed by atoms with Gasteiger partial charge in [0.2, 0.25) is 5.91 Å². The molecule has 0 saturated carbocycles. The second-order valence-corrected chi connectivity index (χ2v) is 16.3. The fourth-order valence-corrected chi connectivity index (χ4v) is 4.83. The van der Waals surface area contributed by atoms with E-state index in [0.29, 0.717) is 5.56 Å². The number of carbonyl (C=O) groups excluding carboxylic acids is 2. The van der Waals surface area contributed by atoms with E-state index in [9.17, 15) is 22.8 Å². The van der Waals surface area contributed by atoms with Crippen LogP contribution in [0.1, 0.15) is 37.5 Å². The van der Waals surface area contributed by atoms with Gasteiger partial charge in [-0.3, -0.25) is 9.78 Å². The van der Waals surface area contributed by atoms with Crippen molar-refractivity contribution in [2.24, 2.45) is 0 Å². The molecule has 0 spiro atoms. The number of ether oxygens (including phenoxy) is 1. The van der Waals surface area contributed by atoms with Crippen molar-refractivity contribution in [3.63, 3.8) is 0 Å². The molecule has 0 aliphatic carbocycles. The molecule has 10 heteroatoms. The monoisotopic (exact) mass is 598 g/mol. The molecule has 0 bridgehead atoms. The predicted octanol–water partition coefficient (Wildman–Crippen LogP) is 7.37. The number of halogens is 3. The average Bonchev–Trinajstić information content (AvgIpc) is 2.95. The Bertz CT molecular complexity index is 1370. The molecule has 2 aromatic carbocycles. The highest BCUT2D eigenvalue weighted by molar-refractivity contribution is 6.74. The SMILES string of the molecule is COC(=O)[C@H](CO[Si](C)(C)C(C)(C)C)N(Cc1ccc(-c2ccccn2)cc1)C(=O)/C=C/c1ccc(C(F)(F)F)cc1. The molecule has 42 heavy (non-hydrogen) atoms. The summed E-state index contributed by atoms with van der Waals surface area (Å²) in [5.74, 6) is -1.15. The molecule has 0 N–H and O–H groups in total. The number of hydrogen-bond acceptors (Lipinski definition) is 5. The molecular formula is C32H37F3N2O4Si. The number of pyridine rings is 1. The third kappa shape index (κ3) is 8.62. The van der Waals surface area contributed by atoms with E-state index in [-0.39, 0.29) is 18.2 Å². The second kappa shape index (κ2) is 13.5. The van der Waals surface area contributed by atoms with Crippen LogP contribution < -0.4 is 0 Å². The van der Waals surface area contributed by atoms with Crippen LogP contribution in [0.4, 0.5) is 13.2 Å². The largest absolute Gasteiger partial charge is 0.467 e. The van der Waals surface area contributed by atoms with Crippen LogP contribution in [0.5, 0.6) is 0 Å². The summed E-state index contributed by atoms with van der Waals surface area (Å²) in [6.45, 7) is 10.3. The lowest BCUT2D eigenvalue weighted by molar-refractivity contribution is -0.153. The number of benzene rings is 2. The van der Waals surface area contributed by atoms with E-state index in [0.717, 1.165) is 29.0 Å². The van der Waals surface area contributed by atoms with Crippen LogP contribution >= 0.6 is 0 Å². The zero-order chi connectivity index (χ0) is 31.1. The van der Waals surface area contributed by atoms with Crippen LogP contribution in [-0.2, 0) is 31.5 Å². The number of alkyl halides is 3. The van der Waals surface area contributed by atoms with Gasteiger partial charge < -0.3 is 14.1 Å². The molecule has 1 aromatic heterocycles. The Labute approximate surface area is 246 Å². The first-order chi connectivity index (χ1) is 19.6. The van der Waals surface area contributed by atoms with E-state index >= 15 is 0 Å². The summed E-state index contributed by atoms with van der Waals surface area (Å²) in [4.78, 5) is 32.4. The highest BCUT2D eigenvalue weighted by atomic mass is 28.4. The van der Waals surface area contributed by atoms with Crippen molar-refractivity contribution in [3.05, 3.63) is 95.7 Å². The normalized spacial score (nSPS) is 13.2. The summed E-state index contributed by atoms with van der Waals surface area (Å²) in [6, 6.07) is 16.5. The zero-order valence-corrected chi connectivity index (χ0v) is 25.7. The average molecular weight is 599 g/mol. The Hall–Kier alpha value is -3.76. The van der Waals surface area contributed by atoms with Gasteiger partial charge in [-0.05, 0) is 59.6 Å². The summed E-state index contributed by atoms with van der Waals surface area (Å²) in [5.41, 5.74) is 2.07. The molecule has 1 amide bonds. The van der Waals surface area contributed by atoms with E-state index in [1.165, 1.54) is 36.3 Å². The van der Waals surface area contributed by atoms with Crippen LogP contribution in [0.15, 0.2) is 79.0 Å². The number of esters is 1. The molecule has 3 rings (SSSR count). The minimum Gasteiger partial charge on any atom is -0.467 e. The van der Waals surface area contributed by atoms with Crippen molar-refractivity contribution < 1.29 is 31.9 Å². The molecule has 0 radical (unpaired) electrons. The number of rotatable bonds is 10. The number of carbonyl (C=O) groups is 2. The van der Waals surface area contributed by atoms with E-state index < -0.39 is 38.0 Å². The Morgan fingerprint density at radius 2 is 1.62 bits per heavy atom. The Kier molecular flexibility index (Phi) is 10.5. The molecule has 0 saturated heterocycles. The first-order valence-electron chi connectivity index (χ1n) is 13.5. The second-order valence-electron chi connectivity index (χ2n) is 11.4. The van der Waals surface area contributed by atoms with E-state index in [4.69, 9.17) is 9.16 Å². The van der Waals surface area contributed by atoms with Gasteiger partial charge in [-0.1, -0.05) is 63.2 Å². The van der Waals surface area contributed by atoms with Gasteiger partial charge in [0.25, 0.3) is 0 Å². The van der Waals surface area contributed by atoms with Crippen LogP contribution in [0, 0.1) is 0 Å². The first-order valence-corrected chi connectivity index (χ1v) is 16.4. The molecule has 0 unspecified atom stereocenters. The number of nitrogens with zero attached hydrogens (tertiary/aromatic N) is 2. The summed E-state index contributed by atoms with van der Waals surface area (Å²) in [5, 5.41) is -0.133. The van der Waals surface area contributed by atoms with Gasteiger partial charge in [-0.2, -0.15) is 13.2 Å². The van der Waals surface area contributed by atoms with E-state index in [1.54, 1.807) is 6.20 Å². The predicted molar refractivity (Wildman–Crippen MR) is 160 cm³/mol. The highest BCUT2D eigenvalue weighted by Crippen LogP contribution is 2.37. The molecular weight excluding hydrogens is 561 g/mol. The lowest BCUT2D eigenvalue weighted by atomic mass is 10.1. The van der Waals surface area contributed by atoms with Gasteiger partial charge in [0, 0.05) is 24.4 Å². The van der Waals surface area contributed by atoms with Crippen molar-refractivity contribution in [2.75, 3.05) is 13.7 Å². The third-order valence-corrected chi connectivity index (χ3v) is 12.0. The molecule has 0 aliphatic rings. The molecule has 0 aliphatic heterocycles. The van der Waals surface area contributed by atoms with Crippen molar-refractivity contribution in [3.8, 4) is 11.3 Å². The van der Waals surface area contributed by atoms with Crippen molar-refractivity contribution in [1.82, 2.24) is 9.88 Å². The Balaban J connectivity index is 1.93. The fraction of sp³-hybridized carbons (Fsp3) is 0.344. The van der Waals surface area contributed by atoms with Crippen LogP contribution in [0.3, 0.4) is 0 Å². The minimum atomic E-state index is -4.46. The summed E-state index contributed by atoms with van der Waals surface area (Å²) >= 11 is 0. The van der Waals surface area contributed by atoms with Crippen LogP contribution in [0.25, 0.3) is 17.3 Å². The van der Waals surface area contributed by atoms with Gasteiger partial charge in [0.15, 0.2) is 14.4 Å². The minimum absolute atomic E-state index is 0.0605. The van der Waals surface area contributed by atoms with Gasteiger partial charge >= 0.3 is 12.1 Å². The maximum Gasteiger partial charge on any atom is 0.416 e. The topological polar surface area (TPSA) is 68.7 Å². The lowest BCUT2D eigenvalue weighted by Gasteiger charge is -2.38. The molecule has 0 fully saturated rings. The number of aromatic nitrogens is 1. The quantitative estimate of drug-likeness (QED) is 0.138. The number of amides is 1. The Morgan fingerprint density at radius 3 is 2.14 bits per heavy atom. The molecule has 3 aromatic rings. The third-order valence-electron chi connectivity index (χ3n) is 7.46. The van der Waals surface area contributed by atoms with Crippen molar-refractivity contribution in [1.29, 1.82) is 0 Å². The van der Waals surface area contributed by atoms with Gasteiger partial charge in [0.05, 0.1) is 25.0 Å². The van der Waals surface area contributed by atoms with Gasteiger partial charge in [0.1, 0.15) is 0 Å². The van der Waals surface area contributed by atoms with Crippen molar-refractivity contribution >= 4 is 26.3 Å². The first kappa shape index (κ1) is 32.7. The smallest absolute Gasteiger partial charge is 0.416 e. The molecule has 1 atom stereocenters. The Morgan fingerprint density at radius 1 is 0.976 bits per heavy atom. The molecule has 6 nitrogen and oxygen atoms in total. The van der Waals surface area contributed by atoms with Crippen LogP contribution in [-0.4, -0.2) is 49.8 Å². The van der Waals surface area contributed by atoms with Gasteiger partial charge in [-0.25, -0.2) is 4.79 Å². The zero-order valence-electron chi connectivity index (χ0n) is 24.7.